The molecule has 4 heteroatoms. The second-order valence-electron chi connectivity index (χ2n) is 6.42. The van der Waals surface area contributed by atoms with Crippen LogP contribution in [0.25, 0.3) is 0 Å². The van der Waals surface area contributed by atoms with Crippen molar-refractivity contribution in [1.29, 1.82) is 0 Å². The van der Waals surface area contributed by atoms with E-state index < -0.39 is 0 Å². The Labute approximate surface area is 147 Å². The van der Waals surface area contributed by atoms with Gasteiger partial charge in [0.25, 0.3) is 0 Å². The molecule has 0 saturated heterocycles. The number of benzene rings is 2. The fourth-order valence-electron chi connectivity index (χ4n) is 3.61. The lowest BCUT2D eigenvalue weighted by atomic mass is 9.86. The van der Waals surface area contributed by atoms with Crippen LogP contribution >= 0.6 is 0 Å². The monoisotopic (exact) mass is 334 g/mol. The summed E-state index contributed by atoms with van der Waals surface area (Å²) in [5, 5.41) is 7.07. The Morgan fingerprint density at radius 2 is 1.80 bits per heavy atom. The maximum Gasteiger partial charge on any atom is 0.163 e. The van der Waals surface area contributed by atoms with E-state index in [1.165, 1.54) is 0 Å². The molecule has 0 spiro atoms. The second kappa shape index (κ2) is 6.63. The van der Waals surface area contributed by atoms with Crippen LogP contribution in [0.3, 0.4) is 0 Å². The number of Topliss-reactive ketones (excluding diaryl/α,β-unsaturated/α-hetero) is 1. The largest absolute Gasteiger partial charge is 0.494 e. The van der Waals surface area contributed by atoms with Gasteiger partial charge in [0.05, 0.1) is 24.0 Å². The predicted octanol–water partition coefficient (Wildman–Crippen LogP) is 4.67. The summed E-state index contributed by atoms with van der Waals surface area (Å²) >= 11 is 0. The number of hydrogen-bond acceptors (Lipinski definition) is 4. The van der Waals surface area contributed by atoms with E-state index in [4.69, 9.17) is 4.74 Å². The number of para-hydroxylation sites is 2. The number of ether oxygens (including phenoxy) is 1. The summed E-state index contributed by atoms with van der Waals surface area (Å²) < 4.78 is 5.55. The quantitative estimate of drug-likeness (QED) is 0.856. The third-order valence-corrected chi connectivity index (χ3v) is 4.78. The summed E-state index contributed by atoms with van der Waals surface area (Å²) in [6, 6.07) is 16.0. The Morgan fingerprint density at radius 3 is 2.56 bits per heavy atom. The highest BCUT2D eigenvalue weighted by Gasteiger charge is 2.31. The average Bonchev–Trinajstić information content (AvgIpc) is 2.80. The zero-order valence-electron chi connectivity index (χ0n) is 14.3. The van der Waals surface area contributed by atoms with Crippen molar-refractivity contribution in [3.63, 3.8) is 0 Å². The van der Waals surface area contributed by atoms with Crippen LogP contribution in [0.2, 0.25) is 0 Å². The summed E-state index contributed by atoms with van der Waals surface area (Å²) in [7, 11) is 0. The van der Waals surface area contributed by atoms with Gasteiger partial charge in [-0.05, 0) is 49.6 Å². The number of anilines is 2. The summed E-state index contributed by atoms with van der Waals surface area (Å²) in [6.45, 7) is 2.62. The molecule has 2 aromatic carbocycles. The first-order valence-electron chi connectivity index (χ1n) is 8.88. The molecule has 0 amide bonds. The molecule has 2 N–H and O–H groups in total. The molecule has 1 heterocycles. The third-order valence-electron chi connectivity index (χ3n) is 4.78. The first-order valence-corrected chi connectivity index (χ1v) is 8.88. The Kier molecular flexibility index (Phi) is 4.18. The van der Waals surface area contributed by atoms with Gasteiger partial charge in [0.2, 0.25) is 0 Å². The number of fused-ring (bicyclic) bond motifs is 1. The highest BCUT2D eigenvalue weighted by molar-refractivity contribution is 6.00. The highest BCUT2D eigenvalue weighted by atomic mass is 16.5. The lowest BCUT2D eigenvalue weighted by Crippen LogP contribution is -2.23. The van der Waals surface area contributed by atoms with Crippen LogP contribution in [0.1, 0.15) is 37.8 Å². The molecule has 1 aliphatic heterocycles. The van der Waals surface area contributed by atoms with Crippen molar-refractivity contribution in [3.8, 4) is 5.75 Å². The Bertz CT molecular complexity index is 824. The van der Waals surface area contributed by atoms with E-state index in [1.54, 1.807) is 0 Å². The number of carbonyl (C=O) groups is 1. The van der Waals surface area contributed by atoms with Crippen LogP contribution in [0.15, 0.2) is 59.8 Å². The van der Waals surface area contributed by atoms with Crippen LogP contribution in [0, 0.1) is 0 Å². The van der Waals surface area contributed by atoms with E-state index in [-0.39, 0.29) is 11.8 Å². The molecular weight excluding hydrogens is 312 g/mol. The molecule has 4 rings (SSSR count). The lowest BCUT2D eigenvalue weighted by Gasteiger charge is -2.25. The molecule has 0 aromatic heterocycles. The molecule has 0 fully saturated rings. The van der Waals surface area contributed by atoms with Crippen molar-refractivity contribution in [2.75, 3.05) is 17.2 Å². The SMILES string of the molecule is CCOc1ccc([C@@H]2Nc3ccccc3NC3=C2C(=O)CCC3)cc1. The first kappa shape index (κ1) is 15.8. The van der Waals surface area contributed by atoms with Crippen LogP contribution in [-0.4, -0.2) is 12.4 Å². The van der Waals surface area contributed by atoms with Gasteiger partial charge in [-0.25, -0.2) is 0 Å². The van der Waals surface area contributed by atoms with E-state index in [0.29, 0.717) is 13.0 Å². The number of allylic oxidation sites excluding steroid dienone is 1. The molecule has 4 nitrogen and oxygen atoms in total. The molecule has 0 bridgehead atoms. The number of ketones is 1. The van der Waals surface area contributed by atoms with Gasteiger partial charge in [-0.3, -0.25) is 4.79 Å². The molecule has 1 atom stereocenters. The van der Waals surface area contributed by atoms with Gasteiger partial charge in [-0.15, -0.1) is 0 Å². The van der Waals surface area contributed by atoms with E-state index in [9.17, 15) is 4.79 Å². The van der Waals surface area contributed by atoms with Gasteiger partial charge >= 0.3 is 0 Å². The van der Waals surface area contributed by atoms with Gasteiger partial charge in [-0.2, -0.15) is 0 Å². The number of hydrogen-bond donors (Lipinski definition) is 2. The van der Waals surface area contributed by atoms with Crippen LogP contribution in [0.5, 0.6) is 5.75 Å². The second-order valence-corrected chi connectivity index (χ2v) is 6.42. The fraction of sp³-hybridized carbons (Fsp3) is 0.286. The van der Waals surface area contributed by atoms with E-state index >= 15 is 0 Å². The molecule has 0 unspecified atom stereocenters. The minimum Gasteiger partial charge on any atom is -0.494 e. The first-order chi connectivity index (χ1) is 12.3. The maximum atomic E-state index is 12.7. The van der Waals surface area contributed by atoms with Crippen molar-refractivity contribution in [1.82, 2.24) is 0 Å². The fourth-order valence-corrected chi connectivity index (χ4v) is 3.61. The summed E-state index contributed by atoms with van der Waals surface area (Å²) in [6.07, 6.45) is 2.43. The van der Waals surface area contributed by atoms with Gasteiger partial charge in [0.15, 0.2) is 5.78 Å². The lowest BCUT2D eigenvalue weighted by molar-refractivity contribution is -0.116. The molecule has 1 aliphatic carbocycles. The molecule has 0 saturated carbocycles. The summed E-state index contributed by atoms with van der Waals surface area (Å²) in [4.78, 5) is 12.7. The average molecular weight is 334 g/mol. The molecule has 128 valence electrons. The zero-order chi connectivity index (χ0) is 17.2. The minimum atomic E-state index is -0.144. The van der Waals surface area contributed by atoms with Crippen LogP contribution < -0.4 is 15.4 Å². The highest BCUT2D eigenvalue weighted by Crippen LogP contribution is 2.40. The molecule has 0 radical (unpaired) electrons. The maximum absolute atomic E-state index is 12.7. The van der Waals surface area contributed by atoms with Crippen LogP contribution in [-0.2, 0) is 4.79 Å². The number of carbonyl (C=O) groups excluding carboxylic acids is 1. The Balaban J connectivity index is 1.78. The summed E-state index contributed by atoms with van der Waals surface area (Å²) in [5.74, 6) is 1.08. The van der Waals surface area contributed by atoms with Crippen molar-refractivity contribution in [3.05, 3.63) is 65.4 Å². The van der Waals surface area contributed by atoms with Crippen LogP contribution in [0.4, 0.5) is 11.4 Å². The van der Waals surface area contributed by atoms with E-state index in [1.807, 2.05) is 55.5 Å². The molecule has 2 aromatic rings. The van der Waals surface area contributed by atoms with Gasteiger partial charge < -0.3 is 15.4 Å². The molecular formula is C21H22N2O2. The summed E-state index contributed by atoms with van der Waals surface area (Å²) in [5.41, 5.74) is 5.03. The smallest absolute Gasteiger partial charge is 0.163 e. The van der Waals surface area contributed by atoms with Gasteiger partial charge in [0, 0.05) is 17.7 Å². The standard InChI is InChI=1S/C21H22N2O2/c1-2-25-15-12-10-14(11-13-15)21-20-18(8-5-9-19(20)24)22-16-6-3-4-7-17(16)23-21/h3-4,6-7,10-13,21-23H,2,5,8-9H2,1H3/t21-/m0/s1. The predicted molar refractivity (Wildman–Crippen MR) is 99.9 cm³/mol. The Morgan fingerprint density at radius 1 is 1.04 bits per heavy atom. The molecule has 25 heavy (non-hydrogen) atoms. The third kappa shape index (κ3) is 3.00. The van der Waals surface area contributed by atoms with Gasteiger partial charge in [-0.1, -0.05) is 24.3 Å². The normalized spacial score (nSPS) is 19.2. The Hall–Kier alpha value is -2.75. The van der Waals surface area contributed by atoms with E-state index in [0.717, 1.165) is 46.8 Å². The van der Waals surface area contributed by atoms with E-state index in [2.05, 4.69) is 10.6 Å². The topological polar surface area (TPSA) is 50.4 Å². The van der Waals surface area contributed by atoms with Crippen molar-refractivity contribution < 1.29 is 9.53 Å². The van der Waals surface area contributed by atoms with Crippen molar-refractivity contribution >= 4 is 17.2 Å². The van der Waals surface area contributed by atoms with Crippen molar-refractivity contribution in [2.45, 2.75) is 32.2 Å². The van der Waals surface area contributed by atoms with Crippen molar-refractivity contribution in [2.24, 2.45) is 0 Å². The minimum absolute atomic E-state index is 0.144. The molecule has 2 aliphatic rings. The number of nitrogens with one attached hydrogen (secondary N) is 2. The zero-order valence-corrected chi connectivity index (χ0v) is 14.3. The van der Waals surface area contributed by atoms with Gasteiger partial charge in [0.1, 0.15) is 5.75 Å². The number of rotatable bonds is 3.